The topological polar surface area (TPSA) is 83.6 Å². The van der Waals surface area contributed by atoms with Crippen molar-refractivity contribution in [1.29, 1.82) is 0 Å². The number of amides is 1. The second-order valence-electron chi connectivity index (χ2n) is 5.42. The van der Waals surface area contributed by atoms with E-state index >= 15 is 0 Å². The first kappa shape index (κ1) is 17.0. The van der Waals surface area contributed by atoms with Gasteiger partial charge in [0.1, 0.15) is 0 Å². The fourth-order valence-electron chi connectivity index (χ4n) is 2.22. The van der Waals surface area contributed by atoms with Gasteiger partial charge in [-0.3, -0.25) is 9.59 Å². The summed E-state index contributed by atoms with van der Waals surface area (Å²) in [5, 5.41) is 8.67. The number of nitrogens with two attached hydrogens (primary N) is 1. The molecule has 0 aromatic heterocycles. The SMILES string of the molecule is CC(C)N(CCCC(=O)O)C(=O)CCc1cccc(N)c1. The standard InChI is InChI=1S/C16H24N2O3/c1-12(2)18(10-4-7-16(20)21)15(19)9-8-13-5-3-6-14(17)11-13/h3,5-6,11-12H,4,7-10,17H2,1-2H3,(H,20,21). The molecule has 0 radical (unpaired) electrons. The molecule has 5 nitrogen and oxygen atoms in total. The molecule has 0 atom stereocenters. The van der Waals surface area contributed by atoms with Crippen LogP contribution in [0.1, 0.15) is 38.7 Å². The molecular formula is C16H24N2O3. The molecule has 1 aromatic rings. The third-order valence-corrected chi connectivity index (χ3v) is 3.31. The number of aliphatic carboxylic acids is 1. The maximum absolute atomic E-state index is 12.3. The van der Waals surface area contributed by atoms with Gasteiger partial charge in [-0.15, -0.1) is 0 Å². The van der Waals surface area contributed by atoms with E-state index in [9.17, 15) is 9.59 Å². The number of carboxylic acid groups (broad SMARTS) is 1. The maximum Gasteiger partial charge on any atom is 0.303 e. The highest BCUT2D eigenvalue weighted by Crippen LogP contribution is 2.11. The molecule has 0 aliphatic rings. The molecule has 21 heavy (non-hydrogen) atoms. The van der Waals surface area contributed by atoms with Gasteiger partial charge in [0, 0.05) is 31.1 Å². The summed E-state index contributed by atoms with van der Waals surface area (Å²) in [6.07, 6.45) is 1.63. The Labute approximate surface area is 125 Å². The summed E-state index contributed by atoms with van der Waals surface area (Å²) in [6, 6.07) is 7.59. The first-order chi connectivity index (χ1) is 9.90. The lowest BCUT2D eigenvalue weighted by Gasteiger charge is -2.26. The van der Waals surface area contributed by atoms with E-state index in [1.807, 2.05) is 38.1 Å². The number of carbonyl (C=O) groups excluding carboxylic acids is 1. The van der Waals surface area contributed by atoms with Crippen molar-refractivity contribution in [2.24, 2.45) is 0 Å². The number of carboxylic acids is 1. The molecule has 0 bridgehead atoms. The minimum absolute atomic E-state index is 0.0535. The van der Waals surface area contributed by atoms with Crippen LogP contribution in [0.25, 0.3) is 0 Å². The van der Waals surface area contributed by atoms with E-state index in [1.54, 1.807) is 4.90 Å². The Morgan fingerprint density at radius 1 is 1.29 bits per heavy atom. The summed E-state index contributed by atoms with van der Waals surface area (Å²) in [4.78, 5) is 24.6. The monoisotopic (exact) mass is 292 g/mol. The fraction of sp³-hybridized carbons (Fsp3) is 0.500. The Balaban J connectivity index is 2.50. The van der Waals surface area contributed by atoms with E-state index < -0.39 is 5.97 Å². The van der Waals surface area contributed by atoms with Gasteiger partial charge >= 0.3 is 5.97 Å². The van der Waals surface area contributed by atoms with Gasteiger partial charge in [0.15, 0.2) is 0 Å². The highest BCUT2D eigenvalue weighted by atomic mass is 16.4. The third-order valence-electron chi connectivity index (χ3n) is 3.31. The van der Waals surface area contributed by atoms with E-state index in [4.69, 9.17) is 10.8 Å². The summed E-state index contributed by atoms with van der Waals surface area (Å²) in [5.41, 5.74) is 7.45. The van der Waals surface area contributed by atoms with E-state index in [0.29, 0.717) is 31.5 Å². The number of aryl methyl sites for hydroxylation is 1. The second-order valence-corrected chi connectivity index (χ2v) is 5.42. The van der Waals surface area contributed by atoms with Crippen molar-refractivity contribution in [3.8, 4) is 0 Å². The van der Waals surface area contributed by atoms with Crippen LogP contribution in [0.2, 0.25) is 0 Å². The smallest absolute Gasteiger partial charge is 0.303 e. The summed E-state index contributed by atoms with van der Waals surface area (Å²) < 4.78 is 0. The quantitative estimate of drug-likeness (QED) is 0.720. The van der Waals surface area contributed by atoms with Crippen LogP contribution in [-0.2, 0) is 16.0 Å². The first-order valence-corrected chi connectivity index (χ1v) is 7.26. The Hall–Kier alpha value is -2.04. The third kappa shape index (κ3) is 6.29. The van der Waals surface area contributed by atoms with Crippen molar-refractivity contribution in [2.75, 3.05) is 12.3 Å². The van der Waals surface area contributed by atoms with Gasteiger partial charge in [-0.05, 0) is 44.4 Å². The average Bonchev–Trinajstić information content (AvgIpc) is 2.40. The molecule has 116 valence electrons. The van der Waals surface area contributed by atoms with Gasteiger partial charge in [-0.25, -0.2) is 0 Å². The largest absolute Gasteiger partial charge is 0.481 e. The Bertz CT molecular complexity index is 486. The van der Waals surface area contributed by atoms with Crippen molar-refractivity contribution in [2.45, 2.75) is 45.6 Å². The van der Waals surface area contributed by atoms with Crippen molar-refractivity contribution in [1.82, 2.24) is 4.90 Å². The highest BCUT2D eigenvalue weighted by molar-refractivity contribution is 5.77. The van der Waals surface area contributed by atoms with Crippen LogP contribution in [0.4, 0.5) is 5.69 Å². The zero-order chi connectivity index (χ0) is 15.8. The molecule has 0 saturated carbocycles. The van der Waals surface area contributed by atoms with E-state index in [1.165, 1.54) is 0 Å². The van der Waals surface area contributed by atoms with E-state index in [0.717, 1.165) is 5.56 Å². The summed E-state index contributed by atoms with van der Waals surface area (Å²) >= 11 is 0. The molecule has 0 heterocycles. The number of hydrogen-bond acceptors (Lipinski definition) is 3. The van der Waals surface area contributed by atoms with Crippen LogP contribution in [0.15, 0.2) is 24.3 Å². The van der Waals surface area contributed by atoms with E-state index in [-0.39, 0.29) is 18.4 Å². The zero-order valence-electron chi connectivity index (χ0n) is 12.7. The summed E-state index contributed by atoms with van der Waals surface area (Å²) in [5.74, 6) is -0.774. The minimum Gasteiger partial charge on any atom is -0.481 e. The normalized spacial score (nSPS) is 10.6. The second kappa shape index (κ2) is 8.29. The highest BCUT2D eigenvalue weighted by Gasteiger charge is 2.16. The molecule has 0 unspecified atom stereocenters. The Kier molecular flexibility index (Phi) is 6.72. The lowest BCUT2D eigenvalue weighted by Crippen LogP contribution is -2.38. The molecule has 1 amide bonds. The summed E-state index contributed by atoms with van der Waals surface area (Å²) in [7, 11) is 0. The van der Waals surface area contributed by atoms with Gasteiger partial charge < -0.3 is 15.7 Å². The average molecular weight is 292 g/mol. The van der Waals surface area contributed by atoms with Crippen LogP contribution in [0.5, 0.6) is 0 Å². The predicted octanol–water partition coefficient (Wildman–Crippen LogP) is 2.30. The molecular weight excluding hydrogens is 268 g/mol. The molecule has 1 rings (SSSR count). The number of rotatable bonds is 8. The molecule has 0 fully saturated rings. The van der Waals surface area contributed by atoms with Gasteiger partial charge in [0.2, 0.25) is 5.91 Å². The van der Waals surface area contributed by atoms with Gasteiger partial charge in [-0.1, -0.05) is 12.1 Å². The number of nitrogen functional groups attached to an aromatic ring is 1. The number of carbonyl (C=O) groups is 2. The number of nitrogens with zero attached hydrogens (tertiary/aromatic N) is 1. The first-order valence-electron chi connectivity index (χ1n) is 7.26. The number of benzene rings is 1. The van der Waals surface area contributed by atoms with Gasteiger partial charge in [-0.2, -0.15) is 0 Å². The Morgan fingerprint density at radius 3 is 2.57 bits per heavy atom. The Morgan fingerprint density at radius 2 is 2.00 bits per heavy atom. The number of hydrogen-bond donors (Lipinski definition) is 2. The van der Waals surface area contributed by atoms with Crippen molar-refractivity contribution >= 4 is 17.6 Å². The van der Waals surface area contributed by atoms with E-state index in [2.05, 4.69) is 0 Å². The van der Waals surface area contributed by atoms with Crippen LogP contribution in [0.3, 0.4) is 0 Å². The van der Waals surface area contributed by atoms with Crippen molar-refractivity contribution in [3.05, 3.63) is 29.8 Å². The lowest BCUT2D eigenvalue weighted by atomic mass is 10.1. The summed E-state index contributed by atoms with van der Waals surface area (Å²) in [6.45, 7) is 4.37. The molecule has 1 aromatic carbocycles. The van der Waals surface area contributed by atoms with Gasteiger partial charge in [0.25, 0.3) is 0 Å². The lowest BCUT2D eigenvalue weighted by molar-refractivity contribution is -0.138. The van der Waals surface area contributed by atoms with Crippen LogP contribution in [-0.4, -0.2) is 34.5 Å². The predicted molar refractivity (Wildman–Crippen MR) is 82.9 cm³/mol. The van der Waals surface area contributed by atoms with Crippen LogP contribution >= 0.6 is 0 Å². The van der Waals surface area contributed by atoms with Crippen LogP contribution < -0.4 is 5.73 Å². The maximum atomic E-state index is 12.3. The molecule has 5 heteroatoms. The zero-order valence-corrected chi connectivity index (χ0v) is 12.7. The molecule has 0 spiro atoms. The van der Waals surface area contributed by atoms with Crippen molar-refractivity contribution < 1.29 is 14.7 Å². The number of anilines is 1. The van der Waals surface area contributed by atoms with Crippen molar-refractivity contribution in [3.63, 3.8) is 0 Å². The van der Waals surface area contributed by atoms with Crippen LogP contribution in [0, 0.1) is 0 Å². The fourth-order valence-corrected chi connectivity index (χ4v) is 2.22. The molecule has 0 saturated heterocycles. The molecule has 3 N–H and O–H groups in total. The molecule has 0 aliphatic heterocycles. The minimum atomic E-state index is -0.828. The van der Waals surface area contributed by atoms with Gasteiger partial charge in [0.05, 0.1) is 0 Å². The molecule has 0 aliphatic carbocycles.